The first-order valence-corrected chi connectivity index (χ1v) is 11.6. The number of nitrogens with one attached hydrogen (secondary N) is 2. The molecule has 32 heavy (non-hydrogen) atoms. The first-order valence-electron chi connectivity index (χ1n) is 11.6. The molecule has 0 saturated carbocycles. The number of likely N-dealkylation sites (tertiary alicyclic amines) is 2. The van der Waals surface area contributed by atoms with Crippen LogP contribution in [0.3, 0.4) is 0 Å². The van der Waals surface area contributed by atoms with Crippen molar-refractivity contribution in [1.82, 2.24) is 25.4 Å². The van der Waals surface area contributed by atoms with Gasteiger partial charge in [-0.1, -0.05) is 0 Å². The van der Waals surface area contributed by atoms with Gasteiger partial charge in [-0.05, 0) is 65.5 Å². The summed E-state index contributed by atoms with van der Waals surface area (Å²) in [7, 11) is 0. The summed E-state index contributed by atoms with van der Waals surface area (Å²) in [6, 6.07) is 0.386. The van der Waals surface area contributed by atoms with Crippen molar-refractivity contribution in [3.8, 4) is 0 Å². The van der Waals surface area contributed by atoms with Crippen molar-refractivity contribution >= 4 is 35.8 Å². The molecule has 9 nitrogen and oxygen atoms in total. The summed E-state index contributed by atoms with van der Waals surface area (Å²) in [6.07, 6.45) is 4.28. The van der Waals surface area contributed by atoms with Gasteiger partial charge in [0.1, 0.15) is 5.76 Å². The van der Waals surface area contributed by atoms with Crippen LogP contribution in [0.2, 0.25) is 0 Å². The molecule has 0 unspecified atom stereocenters. The average molecular weight is 562 g/mol. The molecule has 0 bridgehead atoms. The Morgan fingerprint density at radius 1 is 1.16 bits per heavy atom. The molecular formula is C22H40IN7O2. The number of oxazole rings is 1. The predicted molar refractivity (Wildman–Crippen MR) is 137 cm³/mol. The van der Waals surface area contributed by atoms with Gasteiger partial charge in [0.25, 0.3) is 0 Å². The number of guanidine groups is 1. The number of halogens is 1. The van der Waals surface area contributed by atoms with Gasteiger partial charge in [0.15, 0.2) is 5.96 Å². The van der Waals surface area contributed by atoms with Crippen molar-refractivity contribution in [2.75, 3.05) is 45.8 Å². The second kappa shape index (κ2) is 13.3. The van der Waals surface area contributed by atoms with E-state index in [0.717, 1.165) is 94.8 Å². The van der Waals surface area contributed by atoms with E-state index in [2.05, 4.69) is 32.3 Å². The van der Waals surface area contributed by atoms with E-state index in [9.17, 15) is 4.79 Å². The number of piperidine rings is 2. The number of amides is 1. The molecule has 1 aromatic heterocycles. The van der Waals surface area contributed by atoms with E-state index in [1.54, 1.807) is 0 Å². The van der Waals surface area contributed by atoms with Crippen LogP contribution in [-0.2, 0) is 11.3 Å². The maximum absolute atomic E-state index is 11.1. The first-order chi connectivity index (χ1) is 14.9. The van der Waals surface area contributed by atoms with Crippen molar-refractivity contribution in [2.24, 2.45) is 16.6 Å². The Kier molecular flexibility index (Phi) is 11.2. The molecule has 1 aromatic rings. The maximum Gasteiger partial charge on any atom is 0.231 e. The van der Waals surface area contributed by atoms with Gasteiger partial charge in [-0.2, -0.15) is 0 Å². The Labute approximate surface area is 209 Å². The van der Waals surface area contributed by atoms with Gasteiger partial charge in [0, 0.05) is 32.2 Å². The molecule has 0 atom stereocenters. The molecule has 0 spiro atoms. The van der Waals surface area contributed by atoms with Gasteiger partial charge in [0.05, 0.1) is 18.8 Å². The zero-order valence-electron chi connectivity index (χ0n) is 19.7. The van der Waals surface area contributed by atoms with Crippen LogP contribution in [0.1, 0.15) is 50.0 Å². The van der Waals surface area contributed by atoms with E-state index in [1.807, 2.05) is 13.8 Å². The number of carbonyl (C=O) groups is 1. The number of hydrogen-bond acceptors (Lipinski definition) is 6. The molecule has 3 rings (SSSR count). The highest BCUT2D eigenvalue weighted by Crippen LogP contribution is 2.20. The summed E-state index contributed by atoms with van der Waals surface area (Å²) in [4.78, 5) is 25.0. The minimum atomic E-state index is -0.252. The van der Waals surface area contributed by atoms with E-state index < -0.39 is 0 Å². The van der Waals surface area contributed by atoms with Gasteiger partial charge in [-0.25, -0.2) is 4.98 Å². The second-order valence-electron chi connectivity index (χ2n) is 8.85. The maximum atomic E-state index is 11.1. The summed E-state index contributed by atoms with van der Waals surface area (Å²) in [5.41, 5.74) is 6.29. The summed E-state index contributed by atoms with van der Waals surface area (Å²) in [5, 5.41) is 6.97. The Morgan fingerprint density at radius 3 is 2.38 bits per heavy atom. The van der Waals surface area contributed by atoms with E-state index in [1.165, 1.54) is 0 Å². The van der Waals surface area contributed by atoms with Crippen molar-refractivity contribution < 1.29 is 9.21 Å². The van der Waals surface area contributed by atoms with E-state index in [-0.39, 0.29) is 29.9 Å². The molecule has 4 N–H and O–H groups in total. The predicted octanol–water partition coefficient (Wildman–Crippen LogP) is 1.63. The standard InChI is InChI=1S/C22H39N7O2.HI/c1-4-24-22(27-19-7-11-28(12-8-19)14-20(23)30)25-13-18-5-9-29(10-6-18)15-21-26-16(2)17(3)31-21;/h18-19H,4-15H2,1-3H3,(H2,23,30)(H2,24,25,27);1H. The lowest BCUT2D eigenvalue weighted by Crippen LogP contribution is -2.50. The fourth-order valence-electron chi connectivity index (χ4n) is 4.31. The second-order valence-corrected chi connectivity index (χ2v) is 8.85. The quantitative estimate of drug-likeness (QED) is 0.251. The average Bonchev–Trinajstić information content (AvgIpc) is 3.05. The van der Waals surface area contributed by atoms with Crippen molar-refractivity contribution in [1.29, 1.82) is 0 Å². The molecule has 2 aliphatic rings. The number of primary amides is 1. The lowest BCUT2D eigenvalue weighted by Gasteiger charge is -2.32. The third-order valence-electron chi connectivity index (χ3n) is 6.30. The van der Waals surface area contributed by atoms with Gasteiger partial charge >= 0.3 is 0 Å². The third kappa shape index (κ3) is 8.51. The van der Waals surface area contributed by atoms with Gasteiger partial charge in [0.2, 0.25) is 11.8 Å². The molecule has 182 valence electrons. The molecule has 0 aromatic carbocycles. The fourth-order valence-corrected chi connectivity index (χ4v) is 4.31. The zero-order chi connectivity index (χ0) is 22.2. The molecule has 2 fully saturated rings. The minimum absolute atomic E-state index is 0. The number of aryl methyl sites for hydroxylation is 2. The lowest BCUT2D eigenvalue weighted by molar-refractivity contribution is -0.119. The summed E-state index contributed by atoms with van der Waals surface area (Å²) in [6.45, 7) is 12.8. The molecule has 2 saturated heterocycles. The van der Waals surface area contributed by atoms with Gasteiger partial charge in [-0.15, -0.1) is 24.0 Å². The molecule has 0 aliphatic carbocycles. The highest BCUT2D eigenvalue weighted by molar-refractivity contribution is 14.0. The van der Waals surface area contributed by atoms with Crippen LogP contribution in [-0.4, -0.2) is 78.5 Å². The lowest BCUT2D eigenvalue weighted by atomic mass is 9.97. The molecule has 1 amide bonds. The highest BCUT2D eigenvalue weighted by Gasteiger charge is 2.23. The number of aromatic nitrogens is 1. The van der Waals surface area contributed by atoms with E-state index in [0.29, 0.717) is 18.5 Å². The Balaban J connectivity index is 0.00000363. The van der Waals surface area contributed by atoms with Crippen LogP contribution in [0.15, 0.2) is 9.41 Å². The topological polar surface area (TPSA) is 112 Å². The SMILES string of the molecule is CCNC(=NCC1CCN(Cc2nc(C)c(C)o2)CC1)NC1CCN(CC(N)=O)CC1.I. The van der Waals surface area contributed by atoms with Crippen LogP contribution < -0.4 is 16.4 Å². The van der Waals surface area contributed by atoms with Crippen molar-refractivity contribution in [2.45, 2.75) is 59.0 Å². The van der Waals surface area contributed by atoms with Gasteiger partial charge in [-0.3, -0.25) is 19.6 Å². The molecule has 3 heterocycles. The zero-order valence-corrected chi connectivity index (χ0v) is 22.1. The molecule has 10 heteroatoms. The Morgan fingerprint density at radius 2 is 1.81 bits per heavy atom. The smallest absolute Gasteiger partial charge is 0.231 e. The number of aliphatic imine (C=N–C) groups is 1. The molecule has 0 radical (unpaired) electrons. The number of hydrogen-bond donors (Lipinski definition) is 3. The van der Waals surface area contributed by atoms with Crippen LogP contribution in [0.25, 0.3) is 0 Å². The highest BCUT2D eigenvalue weighted by atomic mass is 127. The largest absolute Gasteiger partial charge is 0.444 e. The Bertz CT molecular complexity index is 719. The summed E-state index contributed by atoms with van der Waals surface area (Å²) < 4.78 is 5.73. The third-order valence-corrected chi connectivity index (χ3v) is 6.30. The molecule has 2 aliphatic heterocycles. The summed E-state index contributed by atoms with van der Waals surface area (Å²) >= 11 is 0. The number of nitrogens with zero attached hydrogens (tertiary/aromatic N) is 4. The number of nitrogens with two attached hydrogens (primary N) is 1. The van der Waals surface area contributed by atoms with E-state index in [4.69, 9.17) is 15.1 Å². The monoisotopic (exact) mass is 561 g/mol. The van der Waals surface area contributed by atoms with Crippen LogP contribution in [0.5, 0.6) is 0 Å². The van der Waals surface area contributed by atoms with Gasteiger partial charge < -0.3 is 20.8 Å². The number of rotatable bonds is 8. The number of carbonyl (C=O) groups excluding carboxylic acids is 1. The summed E-state index contributed by atoms with van der Waals surface area (Å²) in [5.74, 6) is 3.01. The van der Waals surface area contributed by atoms with Crippen molar-refractivity contribution in [3.05, 3.63) is 17.3 Å². The minimum Gasteiger partial charge on any atom is -0.444 e. The fraction of sp³-hybridized carbons (Fsp3) is 0.773. The van der Waals surface area contributed by atoms with Crippen molar-refractivity contribution in [3.63, 3.8) is 0 Å². The first kappa shape index (κ1) is 26.8. The molecular weight excluding hydrogens is 521 g/mol. The van der Waals surface area contributed by atoms with Crippen LogP contribution in [0, 0.1) is 19.8 Å². The van der Waals surface area contributed by atoms with E-state index >= 15 is 0 Å². The van der Waals surface area contributed by atoms with Crippen LogP contribution >= 0.6 is 24.0 Å². The van der Waals surface area contributed by atoms with Crippen LogP contribution in [0.4, 0.5) is 0 Å². The normalized spacial score (nSPS) is 19.5. The Hall–Kier alpha value is -1.40.